The zero-order chi connectivity index (χ0) is 12.3. The second kappa shape index (κ2) is 4.48. The lowest BCUT2D eigenvalue weighted by Crippen LogP contribution is -2.30. The van der Waals surface area contributed by atoms with Crippen molar-refractivity contribution in [3.8, 4) is 5.75 Å². The molecule has 0 bridgehead atoms. The second-order valence-corrected chi connectivity index (χ2v) is 8.77. The van der Waals surface area contributed by atoms with Gasteiger partial charge in [-0.15, -0.1) is 0 Å². The number of aliphatic carboxylic acids is 1. The summed E-state index contributed by atoms with van der Waals surface area (Å²) >= 11 is 0. The van der Waals surface area contributed by atoms with Crippen molar-refractivity contribution in [2.75, 3.05) is 0 Å². The van der Waals surface area contributed by atoms with Crippen LogP contribution in [-0.4, -0.2) is 25.2 Å². The van der Waals surface area contributed by atoms with Gasteiger partial charge in [0.15, 0.2) is 0 Å². The van der Waals surface area contributed by atoms with Gasteiger partial charge in [0, 0.05) is 0 Å². The molecule has 16 heavy (non-hydrogen) atoms. The third-order valence-electron chi connectivity index (χ3n) is 1.74. The summed E-state index contributed by atoms with van der Waals surface area (Å²) in [7, 11) is -1.86. The molecule has 0 spiro atoms. The van der Waals surface area contributed by atoms with Crippen LogP contribution in [0, 0.1) is 0 Å². The molecule has 1 aromatic rings. The van der Waals surface area contributed by atoms with Crippen LogP contribution in [0.4, 0.5) is 0 Å². The van der Waals surface area contributed by atoms with E-state index in [1.807, 2.05) is 19.6 Å². The van der Waals surface area contributed by atoms with Crippen molar-refractivity contribution in [3.05, 3.63) is 29.8 Å². The molecule has 0 aliphatic rings. The lowest BCUT2D eigenvalue weighted by atomic mass is 10.1. The molecule has 4 nitrogen and oxygen atoms in total. The third-order valence-corrected chi connectivity index (χ3v) is 2.57. The molecule has 0 amide bonds. The van der Waals surface area contributed by atoms with E-state index >= 15 is 0 Å². The molecule has 0 aliphatic heterocycles. The molecule has 5 heteroatoms. The van der Waals surface area contributed by atoms with Crippen LogP contribution in [0.1, 0.15) is 10.4 Å². The van der Waals surface area contributed by atoms with E-state index in [0.29, 0.717) is 5.75 Å². The van der Waals surface area contributed by atoms with E-state index in [0.717, 1.165) is 0 Å². The van der Waals surface area contributed by atoms with Crippen LogP contribution in [0.2, 0.25) is 19.6 Å². The molecule has 1 rings (SSSR count). The molecular formula is C11H14O4Si. The molecule has 0 fully saturated rings. The van der Waals surface area contributed by atoms with Crippen molar-refractivity contribution in [3.63, 3.8) is 0 Å². The van der Waals surface area contributed by atoms with Gasteiger partial charge < -0.3 is 9.53 Å². The Hall–Kier alpha value is -1.62. The number of Topliss-reactive ketones (excluding diaryl/α,β-unsaturated/α-hetero) is 1. The molecule has 0 unspecified atom stereocenters. The van der Waals surface area contributed by atoms with E-state index in [9.17, 15) is 9.59 Å². The van der Waals surface area contributed by atoms with Crippen LogP contribution < -0.4 is 4.43 Å². The lowest BCUT2D eigenvalue weighted by Gasteiger charge is -2.20. The highest BCUT2D eigenvalue weighted by molar-refractivity contribution is 6.70. The number of carboxylic acid groups (broad SMARTS) is 1. The number of carbonyl (C=O) groups excluding carboxylic acids is 1. The Morgan fingerprint density at radius 1 is 1.19 bits per heavy atom. The van der Waals surface area contributed by atoms with Gasteiger partial charge in [-0.1, -0.05) is 12.1 Å². The average molecular weight is 238 g/mol. The predicted molar refractivity (Wildman–Crippen MR) is 62.4 cm³/mol. The molecule has 1 N–H and O–H groups in total. The molecule has 86 valence electrons. The van der Waals surface area contributed by atoms with Crippen molar-refractivity contribution in [2.45, 2.75) is 19.6 Å². The number of ketones is 1. The van der Waals surface area contributed by atoms with Crippen molar-refractivity contribution >= 4 is 20.1 Å². The molecule has 0 aromatic heterocycles. The van der Waals surface area contributed by atoms with Crippen LogP contribution in [0.3, 0.4) is 0 Å². The zero-order valence-corrected chi connectivity index (χ0v) is 10.5. The van der Waals surface area contributed by atoms with E-state index in [2.05, 4.69) is 0 Å². The summed E-state index contributed by atoms with van der Waals surface area (Å²) in [5.41, 5.74) is 0.109. The van der Waals surface area contributed by atoms with Crippen molar-refractivity contribution < 1.29 is 19.1 Å². The fourth-order valence-electron chi connectivity index (χ4n) is 1.19. The normalized spacial score (nSPS) is 10.9. The van der Waals surface area contributed by atoms with E-state index in [1.165, 1.54) is 6.07 Å². The first-order chi connectivity index (χ1) is 7.31. The zero-order valence-electron chi connectivity index (χ0n) is 9.48. The predicted octanol–water partition coefficient (Wildman–Crippen LogP) is 2.17. The number of carboxylic acids is 1. The summed E-state index contributed by atoms with van der Waals surface area (Å²) in [5, 5.41) is 8.66. The summed E-state index contributed by atoms with van der Waals surface area (Å²) in [6.45, 7) is 5.90. The van der Waals surface area contributed by atoms with Gasteiger partial charge in [0.25, 0.3) is 5.78 Å². The molecule has 0 radical (unpaired) electrons. The quantitative estimate of drug-likeness (QED) is 0.496. The van der Waals surface area contributed by atoms with E-state index < -0.39 is 20.1 Å². The number of carbonyl (C=O) groups is 2. The Balaban J connectivity index is 3.10. The second-order valence-electron chi connectivity index (χ2n) is 4.34. The molecule has 0 saturated carbocycles. The maximum atomic E-state index is 11.4. The third kappa shape index (κ3) is 3.20. The highest BCUT2D eigenvalue weighted by atomic mass is 28.4. The molecule has 0 saturated heterocycles. The van der Waals surface area contributed by atoms with Gasteiger partial charge >= 0.3 is 5.97 Å². The Bertz CT molecular complexity index is 420. The van der Waals surface area contributed by atoms with E-state index in [-0.39, 0.29) is 5.56 Å². The Morgan fingerprint density at radius 3 is 2.25 bits per heavy atom. The molecule has 1 aromatic carbocycles. The van der Waals surface area contributed by atoms with Gasteiger partial charge in [0.05, 0.1) is 5.56 Å². The molecule has 0 heterocycles. The first-order valence-corrected chi connectivity index (χ1v) is 8.28. The van der Waals surface area contributed by atoms with Gasteiger partial charge in [-0.2, -0.15) is 0 Å². The van der Waals surface area contributed by atoms with Gasteiger partial charge in [-0.05, 0) is 31.8 Å². The van der Waals surface area contributed by atoms with Crippen LogP contribution in [0.15, 0.2) is 24.3 Å². The minimum absolute atomic E-state index is 0.109. The summed E-state index contributed by atoms with van der Waals surface area (Å²) in [4.78, 5) is 22.0. The number of hydrogen-bond donors (Lipinski definition) is 1. The van der Waals surface area contributed by atoms with E-state index in [1.54, 1.807) is 18.2 Å². The van der Waals surface area contributed by atoms with Gasteiger partial charge in [0.1, 0.15) is 5.75 Å². The fraction of sp³-hybridized carbons (Fsp3) is 0.273. The Labute approximate surface area is 95.0 Å². The minimum Gasteiger partial charge on any atom is -0.544 e. The van der Waals surface area contributed by atoms with Crippen LogP contribution in [0.25, 0.3) is 0 Å². The minimum atomic E-state index is -1.86. The SMILES string of the molecule is C[Si](C)(C)Oc1ccccc1C(=O)C(=O)O. The number of para-hydroxylation sites is 1. The standard InChI is InChI=1S/C11H14O4Si/c1-16(2,3)15-9-7-5-4-6-8(9)10(12)11(13)14/h4-7H,1-3H3,(H,13,14). The summed E-state index contributed by atoms with van der Waals surface area (Å²) in [5.74, 6) is -2.05. The molecule has 0 aliphatic carbocycles. The van der Waals surface area contributed by atoms with Gasteiger partial charge in [0.2, 0.25) is 8.32 Å². The topological polar surface area (TPSA) is 63.6 Å². The first kappa shape index (κ1) is 12.4. The fourth-order valence-corrected chi connectivity index (χ4v) is 2.03. The van der Waals surface area contributed by atoms with Crippen LogP contribution >= 0.6 is 0 Å². The molecule has 0 atom stereocenters. The Kier molecular flexibility index (Phi) is 3.49. The van der Waals surface area contributed by atoms with E-state index in [4.69, 9.17) is 9.53 Å². The van der Waals surface area contributed by atoms with Crippen molar-refractivity contribution in [1.29, 1.82) is 0 Å². The lowest BCUT2D eigenvalue weighted by molar-refractivity contribution is -0.131. The number of rotatable bonds is 4. The Morgan fingerprint density at radius 2 is 1.75 bits per heavy atom. The highest BCUT2D eigenvalue weighted by Gasteiger charge is 2.23. The maximum absolute atomic E-state index is 11.4. The monoisotopic (exact) mass is 238 g/mol. The van der Waals surface area contributed by atoms with Crippen molar-refractivity contribution in [1.82, 2.24) is 0 Å². The first-order valence-electron chi connectivity index (χ1n) is 4.87. The smallest absolute Gasteiger partial charge is 0.377 e. The van der Waals surface area contributed by atoms with Gasteiger partial charge in [-0.3, -0.25) is 4.79 Å². The van der Waals surface area contributed by atoms with Crippen LogP contribution in [0.5, 0.6) is 5.75 Å². The van der Waals surface area contributed by atoms with Gasteiger partial charge in [-0.25, -0.2) is 4.79 Å². The summed E-state index contributed by atoms with van der Waals surface area (Å²) in [6, 6.07) is 6.42. The van der Waals surface area contributed by atoms with Crippen molar-refractivity contribution in [2.24, 2.45) is 0 Å². The largest absolute Gasteiger partial charge is 0.544 e. The maximum Gasteiger partial charge on any atom is 0.377 e. The number of hydrogen-bond acceptors (Lipinski definition) is 3. The average Bonchev–Trinajstić information content (AvgIpc) is 2.15. The summed E-state index contributed by atoms with van der Waals surface area (Å²) in [6.07, 6.45) is 0. The molecular weight excluding hydrogens is 224 g/mol. The summed E-state index contributed by atoms with van der Waals surface area (Å²) < 4.78 is 5.66. The number of benzene rings is 1. The van der Waals surface area contributed by atoms with Crippen LogP contribution in [-0.2, 0) is 4.79 Å². The highest BCUT2D eigenvalue weighted by Crippen LogP contribution is 2.22.